The lowest BCUT2D eigenvalue weighted by atomic mass is 9.89. The number of nitrogens with zero attached hydrogens (tertiary/aromatic N) is 1. The summed E-state index contributed by atoms with van der Waals surface area (Å²) >= 11 is 1.37. The molecule has 0 aromatic carbocycles. The molecule has 8 heteroatoms. The van der Waals surface area contributed by atoms with E-state index in [9.17, 15) is 19.8 Å². The van der Waals surface area contributed by atoms with Crippen LogP contribution in [0.15, 0.2) is 0 Å². The monoisotopic (exact) mass is 304 g/mol. The van der Waals surface area contributed by atoms with Crippen LogP contribution < -0.4 is 5.32 Å². The summed E-state index contributed by atoms with van der Waals surface area (Å²) in [5.41, 5.74) is -1.55. The van der Waals surface area contributed by atoms with Gasteiger partial charge in [-0.1, -0.05) is 0 Å². The molecule has 0 aromatic heterocycles. The summed E-state index contributed by atoms with van der Waals surface area (Å²) in [7, 11) is 0. The lowest BCUT2D eigenvalue weighted by Gasteiger charge is -2.42. The third kappa shape index (κ3) is 3.08. The highest BCUT2D eigenvalue weighted by Gasteiger charge is 2.42. The van der Waals surface area contributed by atoms with Gasteiger partial charge in [-0.15, -0.1) is 11.8 Å². The van der Waals surface area contributed by atoms with Gasteiger partial charge < -0.3 is 20.3 Å². The lowest BCUT2D eigenvalue weighted by Crippen LogP contribution is -2.60. The average Bonchev–Trinajstić information content (AvgIpc) is 2.86. The number of hydrogen-bond acceptors (Lipinski definition) is 6. The number of aliphatic hydroxyl groups is 2. The quantitative estimate of drug-likeness (QED) is 0.607. The van der Waals surface area contributed by atoms with Crippen LogP contribution in [0.1, 0.15) is 19.3 Å². The maximum atomic E-state index is 12.3. The maximum absolute atomic E-state index is 12.3. The van der Waals surface area contributed by atoms with Crippen molar-refractivity contribution in [1.82, 2.24) is 10.2 Å². The minimum atomic E-state index is -0.902. The normalized spacial score (nSPS) is 28.9. The zero-order valence-corrected chi connectivity index (χ0v) is 12.0. The number of rotatable bonds is 4. The summed E-state index contributed by atoms with van der Waals surface area (Å²) in [6.07, 6.45) is 1.94. The Hall–Kier alpha value is -0.830. The summed E-state index contributed by atoms with van der Waals surface area (Å²) < 4.78 is 5.22. The number of amides is 3. The van der Waals surface area contributed by atoms with E-state index in [0.29, 0.717) is 38.9 Å². The average molecular weight is 304 g/mol. The molecule has 2 atom stereocenters. The van der Waals surface area contributed by atoms with E-state index in [2.05, 4.69) is 5.32 Å². The predicted octanol–water partition coefficient (Wildman–Crippen LogP) is -0.480. The Morgan fingerprint density at radius 1 is 1.50 bits per heavy atom. The molecule has 0 aromatic rings. The molecule has 0 bridgehead atoms. The van der Waals surface area contributed by atoms with Gasteiger partial charge in [0.05, 0.1) is 18.2 Å². The highest BCUT2D eigenvalue weighted by Crippen LogP contribution is 2.28. The summed E-state index contributed by atoms with van der Waals surface area (Å²) in [6.45, 7) is 0.519. The van der Waals surface area contributed by atoms with Crippen LogP contribution in [0.5, 0.6) is 0 Å². The molecule has 20 heavy (non-hydrogen) atoms. The number of aliphatic hydroxyl groups excluding tert-OH is 2. The van der Waals surface area contributed by atoms with Crippen LogP contribution >= 0.6 is 11.8 Å². The van der Waals surface area contributed by atoms with Crippen LogP contribution in [-0.2, 0) is 9.53 Å². The van der Waals surface area contributed by atoms with Crippen molar-refractivity contribution in [2.75, 3.05) is 25.6 Å². The number of urea groups is 1. The van der Waals surface area contributed by atoms with Crippen LogP contribution in [0.25, 0.3) is 0 Å². The third-order valence-corrected chi connectivity index (χ3v) is 5.07. The zero-order valence-electron chi connectivity index (χ0n) is 11.2. The van der Waals surface area contributed by atoms with E-state index in [1.807, 2.05) is 0 Å². The molecule has 0 spiro atoms. The second kappa shape index (κ2) is 6.75. The Bertz CT molecular complexity index is 362. The third-order valence-electron chi connectivity index (χ3n) is 3.92. The van der Waals surface area contributed by atoms with Crippen molar-refractivity contribution in [1.29, 1.82) is 0 Å². The smallest absolute Gasteiger partial charge is 0.324 e. The summed E-state index contributed by atoms with van der Waals surface area (Å²) in [6, 6.07) is -0.923. The van der Waals surface area contributed by atoms with Gasteiger partial charge in [-0.3, -0.25) is 9.69 Å². The molecule has 2 aliphatic heterocycles. The molecule has 3 N–H and O–H groups in total. The molecule has 2 heterocycles. The number of carbonyl (C=O) groups is 2. The van der Waals surface area contributed by atoms with Gasteiger partial charge >= 0.3 is 6.03 Å². The van der Waals surface area contributed by atoms with Gasteiger partial charge in [-0.2, -0.15) is 0 Å². The summed E-state index contributed by atoms with van der Waals surface area (Å²) in [5.74, 6) is 0.770. The van der Waals surface area contributed by atoms with Gasteiger partial charge in [-0.25, -0.2) is 4.79 Å². The van der Waals surface area contributed by atoms with E-state index < -0.39 is 17.0 Å². The first-order chi connectivity index (χ1) is 9.63. The number of hydrogen-bond donors (Lipinski definition) is 3. The van der Waals surface area contributed by atoms with Crippen molar-refractivity contribution in [2.24, 2.45) is 0 Å². The standard InChI is InChI=1S/C12H20N2O5S/c15-7-12(2-4-19-5-3-12)14(8-16)11(18)13-9-1-6-20-10(9)17/h8-10,15,17H,1-7H2,(H,13,18). The number of carbonyl (C=O) groups excluding carboxylic acids is 2. The first-order valence-electron chi connectivity index (χ1n) is 6.66. The molecule has 3 amide bonds. The Kier molecular flexibility index (Phi) is 5.25. The van der Waals surface area contributed by atoms with Crippen molar-refractivity contribution in [3.05, 3.63) is 0 Å². The van der Waals surface area contributed by atoms with Crippen molar-refractivity contribution in [2.45, 2.75) is 36.3 Å². The molecular weight excluding hydrogens is 284 g/mol. The Labute approximate surface area is 121 Å². The second-order valence-corrected chi connectivity index (χ2v) is 6.30. The first-order valence-corrected chi connectivity index (χ1v) is 7.71. The molecule has 2 saturated heterocycles. The second-order valence-electron chi connectivity index (χ2n) is 5.08. The first kappa shape index (κ1) is 15.6. The molecule has 2 fully saturated rings. The largest absolute Gasteiger partial charge is 0.394 e. The fourth-order valence-electron chi connectivity index (χ4n) is 2.55. The highest BCUT2D eigenvalue weighted by atomic mass is 32.2. The van der Waals surface area contributed by atoms with Gasteiger partial charge in [0.2, 0.25) is 6.41 Å². The number of thioether (sulfide) groups is 1. The van der Waals surface area contributed by atoms with Gasteiger partial charge in [0.15, 0.2) is 0 Å². The van der Waals surface area contributed by atoms with Crippen LogP contribution in [0.4, 0.5) is 4.79 Å². The SMILES string of the molecule is O=CN(C(=O)NC1CCSC1O)C1(CO)CCOCC1. The molecule has 0 aliphatic carbocycles. The molecule has 2 unspecified atom stereocenters. The minimum Gasteiger partial charge on any atom is -0.394 e. The number of nitrogens with one attached hydrogen (secondary N) is 1. The van der Waals surface area contributed by atoms with Gasteiger partial charge in [-0.05, 0) is 25.0 Å². The molecule has 2 aliphatic rings. The fourth-order valence-corrected chi connectivity index (χ4v) is 3.62. The van der Waals surface area contributed by atoms with E-state index >= 15 is 0 Å². The molecule has 7 nitrogen and oxygen atoms in total. The van der Waals surface area contributed by atoms with Crippen molar-refractivity contribution >= 4 is 24.2 Å². The van der Waals surface area contributed by atoms with Gasteiger partial charge in [0, 0.05) is 13.2 Å². The van der Waals surface area contributed by atoms with Crippen LogP contribution in [0.3, 0.4) is 0 Å². The number of ether oxygens (including phenoxy) is 1. The molecular formula is C12H20N2O5S. The Morgan fingerprint density at radius 2 is 2.20 bits per heavy atom. The molecule has 0 radical (unpaired) electrons. The van der Waals surface area contributed by atoms with Gasteiger partial charge in [0.1, 0.15) is 5.44 Å². The van der Waals surface area contributed by atoms with E-state index in [4.69, 9.17) is 4.74 Å². The van der Waals surface area contributed by atoms with Crippen molar-refractivity contribution < 1.29 is 24.5 Å². The van der Waals surface area contributed by atoms with Crippen molar-refractivity contribution in [3.63, 3.8) is 0 Å². The van der Waals surface area contributed by atoms with Crippen LogP contribution in [-0.4, -0.2) is 70.1 Å². The number of imide groups is 1. The van der Waals surface area contributed by atoms with Crippen LogP contribution in [0.2, 0.25) is 0 Å². The van der Waals surface area contributed by atoms with E-state index in [1.165, 1.54) is 11.8 Å². The molecule has 0 saturated carbocycles. The topological polar surface area (TPSA) is 99.1 Å². The highest BCUT2D eigenvalue weighted by molar-refractivity contribution is 8.00. The molecule has 2 rings (SSSR count). The molecule has 114 valence electrons. The van der Waals surface area contributed by atoms with E-state index in [0.717, 1.165) is 10.7 Å². The fraction of sp³-hybridized carbons (Fsp3) is 0.833. The summed E-state index contributed by atoms with van der Waals surface area (Å²) in [4.78, 5) is 24.6. The Morgan fingerprint density at radius 3 is 2.70 bits per heavy atom. The van der Waals surface area contributed by atoms with E-state index in [1.54, 1.807) is 0 Å². The van der Waals surface area contributed by atoms with Gasteiger partial charge in [0.25, 0.3) is 0 Å². The van der Waals surface area contributed by atoms with Crippen molar-refractivity contribution in [3.8, 4) is 0 Å². The zero-order chi connectivity index (χ0) is 14.6. The predicted molar refractivity (Wildman–Crippen MR) is 73.2 cm³/mol. The summed E-state index contributed by atoms with van der Waals surface area (Å²) in [5, 5.41) is 22.0. The maximum Gasteiger partial charge on any atom is 0.324 e. The van der Waals surface area contributed by atoms with E-state index in [-0.39, 0.29) is 12.6 Å². The lowest BCUT2D eigenvalue weighted by molar-refractivity contribution is -0.125. The minimum absolute atomic E-state index is 0.287. The van der Waals surface area contributed by atoms with Crippen LogP contribution in [0, 0.1) is 0 Å². The Balaban J connectivity index is 2.05.